The fourth-order valence-corrected chi connectivity index (χ4v) is 3.27. The van der Waals surface area contributed by atoms with E-state index in [-0.39, 0.29) is 17.9 Å². The normalized spacial score (nSPS) is 19.2. The van der Waals surface area contributed by atoms with Gasteiger partial charge in [-0.05, 0) is 19.3 Å². The third-order valence-electron chi connectivity index (χ3n) is 4.18. The standard InChI is InChI=1S/C15H29N3O2/c1-4-7-15(11-16,8-5-2)14(20)18-9-6-13(10-18)17-12(3)19/h13H,4-11,16H2,1-3H3,(H,17,19). The van der Waals surface area contributed by atoms with Gasteiger partial charge in [0.15, 0.2) is 0 Å². The molecule has 1 atom stereocenters. The van der Waals surface area contributed by atoms with Gasteiger partial charge in [-0.3, -0.25) is 9.59 Å². The third-order valence-corrected chi connectivity index (χ3v) is 4.18. The van der Waals surface area contributed by atoms with E-state index in [1.165, 1.54) is 6.92 Å². The highest BCUT2D eigenvalue weighted by Gasteiger charge is 2.40. The molecule has 1 aliphatic heterocycles. The molecule has 0 radical (unpaired) electrons. The van der Waals surface area contributed by atoms with E-state index in [1.807, 2.05) is 4.90 Å². The zero-order valence-electron chi connectivity index (χ0n) is 13.1. The predicted molar refractivity (Wildman–Crippen MR) is 80.1 cm³/mol. The van der Waals surface area contributed by atoms with Gasteiger partial charge < -0.3 is 16.0 Å². The molecule has 5 heteroatoms. The monoisotopic (exact) mass is 283 g/mol. The lowest BCUT2D eigenvalue weighted by Crippen LogP contribution is -2.48. The zero-order chi connectivity index (χ0) is 15.2. The van der Waals surface area contributed by atoms with Gasteiger partial charge in [0.05, 0.1) is 5.41 Å². The molecule has 20 heavy (non-hydrogen) atoms. The molecule has 116 valence electrons. The summed E-state index contributed by atoms with van der Waals surface area (Å²) in [6, 6.07) is 0.0928. The maximum atomic E-state index is 12.8. The summed E-state index contributed by atoms with van der Waals surface area (Å²) in [6.45, 7) is 7.46. The Morgan fingerprint density at radius 2 is 1.90 bits per heavy atom. The largest absolute Gasteiger partial charge is 0.352 e. The Morgan fingerprint density at radius 1 is 1.30 bits per heavy atom. The summed E-state index contributed by atoms with van der Waals surface area (Å²) in [6.07, 6.45) is 4.46. The van der Waals surface area contributed by atoms with Crippen molar-refractivity contribution in [1.82, 2.24) is 10.2 Å². The summed E-state index contributed by atoms with van der Waals surface area (Å²) in [5.41, 5.74) is 5.54. The van der Waals surface area contributed by atoms with E-state index >= 15 is 0 Å². The van der Waals surface area contributed by atoms with Crippen LogP contribution in [-0.2, 0) is 9.59 Å². The topological polar surface area (TPSA) is 75.4 Å². The molecule has 0 saturated carbocycles. The fourth-order valence-electron chi connectivity index (χ4n) is 3.27. The molecule has 1 fully saturated rings. The van der Waals surface area contributed by atoms with Gasteiger partial charge in [0.1, 0.15) is 0 Å². The third kappa shape index (κ3) is 3.95. The van der Waals surface area contributed by atoms with E-state index in [4.69, 9.17) is 5.73 Å². The van der Waals surface area contributed by atoms with Gasteiger partial charge in [0, 0.05) is 32.6 Å². The van der Waals surface area contributed by atoms with Crippen molar-refractivity contribution in [3.05, 3.63) is 0 Å². The van der Waals surface area contributed by atoms with E-state index in [0.717, 1.165) is 38.6 Å². The Kier molecular flexibility index (Phi) is 6.46. The minimum absolute atomic E-state index is 0.0310. The number of carbonyl (C=O) groups is 2. The molecular formula is C15H29N3O2. The van der Waals surface area contributed by atoms with Gasteiger partial charge in [-0.2, -0.15) is 0 Å². The molecule has 2 amide bonds. The number of rotatable bonds is 7. The first-order chi connectivity index (χ1) is 9.49. The van der Waals surface area contributed by atoms with Gasteiger partial charge in [0.2, 0.25) is 11.8 Å². The number of likely N-dealkylation sites (tertiary alicyclic amines) is 1. The maximum Gasteiger partial charge on any atom is 0.230 e. The van der Waals surface area contributed by atoms with Gasteiger partial charge in [-0.15, -0.1) is 0 Å². The predicted octanol–water partition coefficient (Wildman–Crippen LogP) is 1.27. The molecule has 1 aliphatic rings. The second-order valence-electron chi connectivity index (χ2n) is 5.92. The minimum Gasteiger partial charge on any atom is -0.352 e. The van der Waals surface area contributed by atoms with Crippen LogP contribution in [0.1, 0.15) is 52.9 Å². The molecule has 1 heterocycles. The number of hydrogen-bond donors (Lipinski definition) is 2. The number of carbonyl (C=O) groups excluding carboxylic acids is 2. The maximum absolute atomic E-state index is 12.8. The molecule has 5 nitrogen and oxygen atoms in total. The molecule has 1 saturated heterocycles. The Bertz CT molecular complexity index is 338. The van der Waals surface area contributed by atoms with Crippen molar-refractivity contribution in [3.63, 3.8) is 0 Å². The van der Waals surface area contributed by atoms with Crippen LogP contribution < -0.4 is 11.1 Å². The molecule has 0 bridgehead atoms. The van der Waals surface area contributed by atoms with Crippen LogP contribution in [0.3, 0.4) is 0 Å². The van der Waals surface area contributed by atoms with Crippen LogP contribution in [0.25, 0.3) is 0 Å². The summed E-state index contributed by atoms with van der Waals surface area (Å²) < 4.78 is 0. The van der Waals surface area contributed by atoms with Gasteiger partial charge in [0.25, 0.3) is 0 Å². The van der Waals surface area contributed by atoms with Crippen molar-refractivity contribution in [3.8, 4) is 0 Å². The first kappa shape index (κ1) is 17.0. The first-order valence-corrected chi connectivity index (χ1v) is 7.75. The molecule has 1 rings (SSSR count). The van der Waals surface area contributed by atoms with Crippen molar-refractivity contribution in [2.75, 3.05) is 19.6 Å². The van der Waals surface area contributed by atoms with Crippen molar-refractivity contribution in [2.45, 2.75) is 58.9 Å². The highest BCUT2D eigenvalue weighted by Crippen LogP contribution is 2.32. The average molecular weight is 283 g/mol. The smallest absolute Gasteiger partial charge is 0.230 e. The summed E-state index contributed by atoms with van der Waals surface area (Å²) in [7, 11) is 0. The number of hydrogen-bond acceptors (Lipinski definition) is 3. The molecule has 1 unspecified atom stereocenters. The zero-order valence-corrected chi connectivity index (χ0v) is 13.1. The molecule has 0 aromatic heterocycles. The highest BCUT2D eigenvalue weighted by atomic mass is 16.2. The molecule has 0 spiro atoms. The summed E-state index contributed by atoms with van der Waals surface area (Å²) in [4.78, 5) is 25.8. The average Bonchev–Trinajstić information content (AvgIpc) is 2.85. The quantitative estimate of drug-likeness (QED) is 0.739. The van der Waals surface area contributed by atoms with Crippen LogP contribution >= 0.6 is 0 Å². The van der Waals surface area contributed by atoms with Crippen molar-refractivity contribution in [2.24, 2.45) is 11.1 Å². The Balaban J connectivity index is 2.73. The second-order valence-corrected chi connectivity index (χ2v) is 5.92. The summed E-state index contributed by atoms with van der Waals surface area (Å²) in [5, 5.41) is 2.90. The molecule has 0 aliphatic carbocycles. The van der Waals surface area contributed by atoms with E-state index in [9.17, 15) is 9.59 Å². The van der Waals surface area contributed by atoms with E-state index in [0.29, 0.717) is 13.1 Å². The van der Waals surface area contributed by atoms with Crippen LogP contribution in [0.15, 0.2) is 0 Å². The molecular weight excluding hydrogens is 254 g/mol. The lowest BCUT2D eigenvalue weighted by molar-refractivity contribution is -0.141. The highest BCUT2D eigenvalue weighted by molar-refractivity contribution is 5.83. The van der Waals surface area contributed by atoms with Gasteiger partial charge in [-0.25, -0.2) is 0 Å². The van der Waals surface area contributed by atoms with Crippen molar-refractivity contribution < 1.29 is 9.59 Å². The van der Waals surface area contributed by atoms with E-state index < -0.39 is 5.41 Å². The van der Waals surface area contributed by atoms with Gasteiger partial charge >= 0.3 is 0 Å². The number of nitrogens with zero attached hydrogens (tertiary/aromatic N) is 1. The number of nitrogens with one attached hydrogen (secondary N) is 1. The van der Waals surface area contributed by atoms with Crippen LogP contribution in [0, 0.1) is 5.41 Å². The summed E-state index contributed by atoms with van der Waals surface area (Å²) >= 11 is 0. The van der Waals surface area contributed by atoms with Crippen LogP contribution in [0.2, 0.25) is 0 Å². The number of nitrogens with two attached hydrogens (primary N) is 1. The number of amides is 2. The van der Waals surface area contributed by atoms with Crippen molar-refractivity contribution >= 4 is 11.8 Å². The molecule has 3 N–H and O–H groups in total. The minimum atomic E-state index is -0.408. The summed E-state index contributed by atoms with van der Waals surface area (Å²) in [5.74, 6) is 0.146. The Hall–Kier alpha value is -1.10. The van der Waals surface area contributed by atoms with Crippen LogP contribution in [0.4, 0.5) is 0 Å². The molecule has 0 aromatic rings. The Morgan fingerprint density at radius 3 is 2.35 bits per heavy atom. The van der Waals surface area contributed by atoms with E-state index in [1.54, 1.807) is 0 Å². The second kappa shape index (κ2) is 7.62. The van der Waals surface area contributed by atoms with Crippen molar-refractivity contribution in [1.29, 1.82) is 0 Å². The lowest BCUT2D eigenvalue weighted by Gasteiger charge is -2.34. The fraction of sp³-hybridized carbons (Fsp3) is 0.867. The Labute approximate surface area is 122 Å². The lowest BCUT2D eigenvalue weighted by atomic mass is 9.78. The SMILES string of the molecule is CCCC(CN)(CCC)C(=O)N1CCC(NC(C)=O)C1. The van der Waals surface area contributed by atoms with Crippen LogP contribution in [-0.4, -0.2) is 42.4 Å². The first-order valence-electron chi connectivity index (χ1n) is 7.75. The van der Waals surface area contributed by atoms with E-state index in [2.05, 4.69) is 19.2 Å². The van der Waals surface area contributed by atoms with Gasteiger partial charge in [-0.1, -0.05) is 26.7 Å². The van der Waals surface area contributed by atoms with Crippen LogP contribution in [0.5, 0.6) is 0 Å². The molecule has 0 aromatic carbocycles.